The number of carbonyl (C=O) groups excluding carboxylic acids is 3. The van der Waals surface area contributed by atoms with Gasteiger partial charge in [0.1, 0.15) is 18.1 Å². The number of hydrogen-bond donors (Lipinski definition) is 9. The van der Waals surface area contributed by atoms with Crippen molar-refractivity contribution in [3.05, 3.63) is 36.4 Å². The highest BCUT2D eigenvalue weighted by molar-refractivity contribution is 5.94. The van der Waals surface area contributed by atoms with Crippen LogP contribution in [0.5, 0.6) is 0 Å². The lowest BCUT2D eigenvalue weighted by Crippen LogP contribution is -2.58. The molecule has 0 aliphatic heterocycles. The van der Waals surface area contributed by atoms with E-state index in [2.05, 4.69) is 40.9 Å². The second-order valence-corrected chi connectivity index (χ2v) is 9.31. The van der Waals surface area contributed by atoms with Crippen molar-refractivity contribution in [1.82, 2.24) is 35.9 Å². The Morgan fingerprint density at radius 3 is 2.03 bits per heavy atom. The molecule has 4 unspecified atom stereocenters. The minimum atomic E-state index is -1.26. The van der Waals surface area contributed by atoms with Gasteiger partial charge in [-0.05, 0) is 18.8 Å². The van der Waals surface area contributed by atoms with Crippen LogP contribution in [-0.4, -0.2) is 85.4 Å². The zero-order chi connectivity index (χ0) is 28.9. The third-order valence-electron chi connectivity index (χ3n) is 5.75. The van der Waals surface area contributed by atoms with E-state index in [0.717, 1.165) is 0 Å². The van der Waals surface area contributed by atoms with E-state index in [9.17, 15) is 24.3 Å². The summed E-state index contributed by atoms with van der Waals surface area (Å²) in [4.78, 5) is 68.1. The van der Waals surface area contributed by atoms with Crippen LogP contribution in [0.1, 0.15) is 38.1 Å². The van der Waals surface area contributed by atoms with E-state index < -0.39 is 53.8 Å². The molecular weight excluding hydrogens is 510 g/mol. The number of H-pyrrole nitrogens is 2. The Labute approximate surface area is 225 Å². The second kappa shape index (κ2) is 15.1. The smallest absolute Gasteiger partial charge is 0.326 e. The average Bonchev–Trinajstić information content (AvgIpc) is 3.57. The maximum atomic E-state index is 13.3. The van der Waals surface area contributed by atoms with Crippen LogP contribution >= 0.6 is 0 Å². The molecule has 16 nitrogen and oxygen atoms in total. The molecular formula is C23H37N11O5. The molecule has 0 saturated carbocycles. The molecule has 0 aliphatic rings. The Morgan fingerprint density at radius 2 is 1.51 bits per heavy atom. The van der Waals surface area contributed by atoms with E-state index in [4.69, 9.17) is 17.2 Å². The van der Waals surface area contributed by atoms with Gasteiger partial charge in [-0.2, -0.15) is 0 Å². The number of nitrogens with zero attached hydrogens (tertiary/aromatic N) is 3. The molecule has 0 aromatic carbocycles. The summed E-state index contributed by atoms with van der Waals surface area (Å²) in [5, 5.41) is 17.3. The van der Waals surface area contributed by atoms with Crippen LogP contribution in [0.3, 0.4) is 0 Å². The highest BCUT2D eigenvalue weighted by Gasteiger charge is 2.32. The summed E-state index contributed by atoms with van der Waals surface area (Å²) in [6, 6.07) is -4.38. The maximum Gasteiger partial charge on any atom is 0.326 e. The van der Waals surface area contributed by atoms with Crippen LogP contribution in [0.4, 0.5) is 0 Å². The van der Waals surface area contributed by atoms with E-state index in [-0.39, 0.29) is 31.8 Å². The Balaban J connectivity index is 2.11. The molecule has 2 aromatic heterocycles. The number of carboxylic acid groups (broad SMARTS) is 1. The number of nitrogens with two attached hydrogens (primary N) is 3. The molecule has 0 saturated heterocycles. The van der Waals surface area contributed by atoms with Gasteiger partial charge in [-0.25, -0.2) is 14.8 Å². The quantitative estimate of drug-likeness (QED) is 0.0605. The van der Waals surface area contributed by atoms with E-state index in [1.807, 2.05) is 0 Å². The predicted octanol–water partition coefficient (Wildman–Crippen LogP) is -2.51. The first-order valence-electron chi connectivity index (χ1n) is 12.4. The Hall–Kier alpha value is -4.47. The molecule has 16 heteroatoms. The lowest BCUT2D eigenvalue weighted by molar-refractivity contribution is -0.142. The van der Waals surface area contributed by atoms with E-state index in [0.29, 0.717) is 17.8 Å². The molecule has 0 fully saturated rings. The van der Waals surface area contributed by atoms with Crippen molar-refractivity contribution in [1.29, 1.82) is 0 Å². The minimum Gasteiger partial charge on any atom is -0.480 e. The summed E-state index contributed by atoms with van der Waals surface area (Å²) >= 11 is 0. The highest BCUT2D eigenvalue weighted by Crippen LogP contribution is 2.08. The highest BCUT2D eigenvalue weighted by atomic mass is 16.4. The molecule has 0 radical (unpaired) electrons. The largest absolute Gasteiger partial charge is 0.480 e. The molecule has 0 bridgehead atoms. The minimum absolute atomic E-state index is 0.0302. The van der Waals surface area contributed by atoms with Crippen molar-refractivity contribution >= 4 is 29.7 Å². The molecule has 2 heterocycles. The molecule has 12 N–H and O–H groups in total. The topological polar surface area (TPSA) is 272 Å². The van der Waals surface area contributed by atoms with Gasteiger partial charge < -0.3 is 48.2 Å². The van der Waals surface area contributed by atoms with Gasteiger partial charge >= 0.3 is 5.97 Å². The number of amides is 3. The lowest BCUT2D eigenvalue weighted by atomic mass is 10.0. The molecule has 2 aromatic rings. The number of rotatable bonds is 16. The summed E-state index contributed by atoms with van der Waals surface area (Å²) < 4.78 is 0. The fourth-order valence-corrected chi connectivity index (χ4v) is 3.64. The Bertz CT molecular complexity index is 1100. The van der Waals surface area contributed by atoms with E-state index in [1.54, 1.807) is 13.8 Å². The zero-order valence-electron chi connectivity index (χ0n) is 21.9. The fraction of sp³-hybridized carbons (Fsp3) is 0.522. The number of carboxylic acids is 1. The second-order valence-electron chi connectivity index (χ2n) is 9.31. The molecule has 3 amide bonds. The van der Waals surface area contributed by atoms with Crippen molar-refractivity contribution in [3.63, 3.8) is 0 Å². The summed E-state index contributed by atoms with van der Waals surface area (Å²) in [6.07, 6.45) is 6.48. The molecule has 0 spiro atoms. The monoisotopic (exact) mass is 547 g/mol. The lowest BCUT2D eigenvalue weighted by Gasteiger charge is -2.27. The third kappa shape index (κ3) is 10.4. The van der Waals surface area contributed by atoms with E-state index >= 15 is 0 Å². The summed E-state index contributed by atoms with van der Waals surface area (Å²) in [7, 11) is 0. The summed E-state index contributed by atoms with van der Waals surface area (Å²) in [6.45, 7) is 3.60. The number of hydrogen-bond acceptors (Lipinski definition) is 8. The Kier molecular flexibility index (Phi) is 11.9. The van der Waals surface area contributed by atoms with Gasteiger partial charge in [-0.15, -0.1) is 0 Å². The number of aliphatic imine (C=N–C) groups is 1. The molecule has 0 aliphatic carbocycles. The van der Waals surface area contributed by atoms with Gasteiger partial charge in [0, 0.05) is 43.2 Å². The van der Waals surface area contributed by atoms with E-state index in [1.165, 1.54) is 25.0 Å². The van der Waals surface area contributed by atoms with Crippen LogP contribution in [0, 0.1) is 5.92 Å². The SMILES string of the molecule is CC(C)C(NC(=O)C(CCCN=C(N)N)NC(=O)C(N)Cc1cnc[nH]1)C(=O)NC(Cc1cnc[nH]1)C(=O)O. The first kappa shape index (κ1) is 30.8. The normalized spacial score (nSPS) is 14.1. The predicted molar refractivity (Wildman–Crippen MR) is 141 cm³/mol. The number of nitrogens with one attached hydrogen (secondary N) is 5. The summed E-state index contributed by atoms with van der Waals surface area (Å²) in [5.41, 5.74) is 17.9. The number of aliphatic carboxylic acids is 1. The van der Waals surface area contributed by atoms with Crippen LogP contribution in [-0.2, 0) is 32.0 Å². The van der Waals surface area contributed by atoms with Crippen molar-refractivity contribution < 1.29 is 24.3 Å². The van der Waals surface area contributed by atoms with Crippen molar-refractivity contribution in [2.24, 2.45) is 28.1 Å². The maximum absolute atomic E-state index is 13.3. The van der Waals surface area contributed by atoms with Gasteiger partial charge in [0.25, 0.3) is 0 Å². The molecule has 4 atom stereocenters. The molecule has 214 valence electrons. The first-order valence-corrected chi connectivity index (χ1v) is 12.4. The van der Waals surface area contributed by atoms with Gasteiger partial charge in [-0.1, -0.05) is 13.8 Å². The fourth-order valence-electron chi connectivity index (χ4n) is 3.64. The summed E-state index contributed by atoms with van der Waals surface area (Å²) in [5.74, 6) is -3.68. The van der Waals surface area contributed by atoms with Crippen LogP contribution in [0.2, 0.25) is 0 Å². The number of carbonyl (C=O) groups is 4. The van der Waals surface area contributed by atoms with Gasteiger partial charge in [0.2, 0.25) is 17.7 Å². The van der Waals surface area contributed by atoms with Crippen LogP contribution < -0.4 is 33.2 Å². The zero-order valence-corrected chi connectivity index (χ0v) is 21.9. The number of imidazole rings is 2. The van der Waals surface area contributed by atoms with Crippen LogP contribution in [0.25, 0.3) is 0 Å². The Morgan fingerprint density at radius 1 is 0.923 bits per heavy atom. The van der Waals surface area contributed by atoms with Crippen LogP contribution in [0.15, 0.2) is 30.0 Å². The first-order chi connectivity index (χ1) is 18.5. The number of aromatic amines is 2. The van der Waals surface area contributed by atoms with Crippen molar-refractivity contribution in [2.75, 3.05) is 6.54 Å². The average molecular weight is 548 g/mol. The van der Waals surface area contributed by atoms with Crippen molar-refractivity contribution in [2.45, 2.75) is 63.7 Å². The number of aromatic nitrogens is 4. The van der Waals surface area contributed by atoms with Gasteiger partial charge in [0.05, 0.1) is 18.7 Å². The standard InChI is InChI=1S/C23H37N11O5/c1-12(2)18(21(37)33-17(22(38)39)7-14-9-28-11-31-14)34-20(36)16(4-3-5-29-23(25)26)32-19(35)15(24)6-13-8-27-10-30-13/h8-12,15-18H,3-7,24H2,1-2H3,(H,27,30)(H,28,31)(H,32,35)(H,33,37)(H,34,36)(H,38,39)(H4,25,26,29). The number of guanidine groups is 1. The van der Waals surface area contributed by atoms with Gasteiger partial charge in [-0.3, -0.25) is 19.4 Å². The van der Waals surface area contributed by atoms with Crippen molar-refractivity contribution in [3.8, 4) is 0 Å². The molecule has 39 heavy (non-hydrogen) atoms. The third-order valence-corrected chi connectivity index (χ3v) is 5.75. The van der Waals surface area contributed by atoms with Gasteiger partial charge in [0.15, 0.2) is 5.96 Å². The molecule has 2 rings (SSSR count).